The molecule has 2 N–H and O–H groups in total. The van der Waals surface area contributed by atoms with Crippen molar-refractivity contribution in [3.63, 3.8) is 0 Å². The molecule has 0 radical (unpaired) electrons. The zero-order valence-corrected chi connectivity index (χ0v) is 15.5. The van der Waals surface area contributed by atoms with Crippen molar-refractivity contribution in [2.24, 2.45) is 0 Å². The molecule has 0 aliphatic heterocycles. The largest absolute Gasteiger partial charge is 0.462 e. The van der Waals surface area contributed by atoms with Gasteiger partial charge in [0.05, 0.1) is 17.7 Å². The topological polar surface area (TPSA) is 104 Å². The van der Waals surface area contributed by atoms with Crippen molar-refractivity contribution in [1.29, 1.82) is 0 Å². The second-order valence-electron chi connectivity index (χ2n) is 6.07. The summed E-state index contributed by atoms with van der Waals surface area (Å²) in [6, 6.07) is 9.57. The van der Waals surface area contributed by atoms with E-state index in [1.54, 1.807) is 37.3 Å². The highest BCUT2D eigenvalue weighted by atomic mass is 35.5. The van der Waals surface area contributed by atoms with Gasteiger partial charge in [-0.3, -0.25) is 19.1 Å². The number of carbonyl (C=O) groups is 3. The Bertz CT molecular complexity index is 1150. The van der Waals surface area contributed by atoms with Gasteiger partial charge in [-0.15, -0.1) is 0 Å². The first-order valence-electron chi connectivity index (χ1n) is 8.47. The maximum atomic E-state index is 13.2. The molecule has 4 rings (SSSR count). The van der Waals surface area contributed by atoms with Crippen LogP contribution in [0.2, 0.25) is 5.02 Å². The van der Waals surface area contributed by atoms with E-state index in [4.69, 9.17) is 22.1 Å². The number of carbonyl (C=O) groups excluding carboxylic acids is 3. The SMILES string of the molecule is CCOC(=O)c1c2c(n(-c3ccc(Cl)cc3)c1N)C(=O)c1ncccc1C2=O. The number of aromatic nitrogens is 2. The Morgan fingerprint density at radius 1 is 1.18 bits per heavy atom. The zero-order chi connectivity index (χ0) is 20.0. The summed E-state index contributed by atoms with van der Waals surface area (Å²) in [5.41, 5.74) is 6.66. The van der Waals surface area contributed by atoms with Crippen LogP contribution in [0.25, 0.3) is 5.69 Å². The number of esters is 1. The number of rotatable bonds is 3. The molecule has 0 atom stereocenters. The molecule has 8 heteroatoms. The summed E-state index contributed by atoms with van der Waals surface area (Å²) in [7, 11) is 0. The van der Waals surface area contributed by atoms with Gasteiger partial charge in [0.15, 0.2) is 5.78 Å². The second-order valence-corrected chi connectivity index (χ2v) is 6.51. The number of fused-ring (bicyclic) bond motifs is 2. The lowest BCUT2D eigenvalue weighted by molar-refractivity contribution is 0.0525. The van der Waals surface area contributed by atoms with Gasteiger partial charge in [-0.1, -0.05) is 11.6 Å². The maximum absolute atomic E-state index is 13.2. The maximum Gasteiger partial charge on any atom is 0.342 e. The van der Waals surface area contributed by atoms with Crippen LogP contribution in [0.1, 0.15) is 49.4 Å². The van der Waals surface area contributed by atoms with Gasteiger partial charge in [0.1, 0.15) is 22.8 Å². The summed E-state index contributed by atoms with van der Waals surface area (Å²) in [5.74, 6) is -1.82. The molecule has 0 saturated heterocycles. The van der Waals surface area contributed by atoms with Crippen LogP contribution in [-0.4, -0.2) is 33.7 Å². The Hall–Kier alpha value is -3.45. The molecule has 1 aromatic carbocycles. The fourth-order valence-corrected chi connectivity index (χ4v) is 3.44. The Morgan fingerprint density at radius 3 is 2.57 bits per heavy atom. The zero-order valence-electron chi connectivity index (χ0n) is 14.7. The van der Waals surface area contributed by atoms with E-state index in [-0.39, 0.29) is 40.5 Å². The fourth-order valence-electron chi connectivity index (χ4n) is 3.31. The fraction of sp³-hybridized carbons (Fsp3) is 0.100. The highest BCUT2D eigenvalue weighted by Crippen LogP contribution is 2.36. The third kappa shape index (κ3) is 2.51. The lowest BCUT2D eigenvalue weighted by Gasteiger charge is -2.16. The summed E-state index contributed by atoms with van der Waals surface area (Å²) >= 11 is 5.95. The Kier molecular flexibility index (Phi) is 4.24. The van der Waals surface area contributed by atoms with Crippen LogP contribution < -0.4 is 5.73 Å². The van der Waals surface area contributed by atoms with E-state index in [2.05, 4.69) is 4.98 Å². The van der Waals surface area contributed by atoms with E-state index >= 15 is 0 Å². The van der Waals surface area contributed by atoms with Crippen LogP contribution in [-0.2, 0) is 4.74 Å². The lowest BCUT2D eigenvalue weighted by atomic mass is 9.89. The van der Waals surface area contributed by atoms with Gasteiger partial charge in [0.2, 0.25) is 5.78 Å². The van der Waals surface area contributed by atoms with E-state index in [1.807, 2.05) is 0 Å². The van der Waals surface area contributed by atoms with Gasteiger partial charge in [-0.25, -0.2) is 4.79 Å². The Labute approximate surface area is 164 Å². The number of nitrogens with two attached hydrogens (primary N) is 1. The molecule has 3 aromatic rings. The van der Waals surface area contributed by atoms with Crippen molar-refractivity contribution in [3.05, 3.63) is 75.7 Å². The quantitative estimate of drug-likeness (QED) is 0.534. The number of ketones is 2. The molecular weight excluding hydrogens is 382 g/mol. The number of benzene rings is 1. The summed E-state index contributed by atoms with van der Waals surface area (Å²) in [5, 5.41) is 0.489. The number of hydrogen-bond acceptors (Lipinski definition) is 6. The molecule has 1 aliphatic rings. The summed E-state index contributed by atoms with van der Waals surface area (Å²) in [4.78, 5) is 43.0. The average molecular weight is 396 g/mol. The number of nitrogens with zero attached hydrogens (tertiary/aromatic N) is 2. The van der Waals surface area contributed by atoms with Crippen molar-refractivity contribution >= 4 is 35.0 Å². The van der Waals surface area contributed by atoms with Crippen LogP contribution in [0.3, 0.4) is 0 Å². The smallest absolute Gasteiger partial charge is 0.342 e. The second kappa shape index (κ2) is 6.61. The molecule has 2 heterocycles. The molecule has 0 fully saturated rings. The van der Waals surface area contributed by atoms with Gasteiger partial charge in [0, 0.05) is 16.9 Å². The summed E-state index contributed by atoms with van der Waals surface area (Å²) in [6.45, 7) is 1.74. The minimum absolute atomic E-state index is 0.0147. The molecule has 0 amide bonds. The monoisotopic (exact) mass is 395 g/mol. The van der Waals surface area contributed by atoms with Crippen LogP contribution in [0.5, 0.6) is 0 Å². The molecule has 28 heavy (non-hydrogen) atoms. The van der Waals surface area contributed by atoms with E-state index in [1.165, 1.54) is 16.8 Å². The predicted octanol–water partition coefficient (Wildman–Crippen LogP) is 3.06. The first kappa shape index (κ1) is 17.9. The van der Waals surface area contributed by atoms with E-state index in [0.717, 1.165) is 0 Å². The van der Waals surface area contributed by atoms with Crippen molar-refractivity contribution in [2.45, 2.75) is 6.92 Å². The van der Waals surface area contributed by atoms with Gasteiger partial charge in [-0.2, -0.15) is 0 Å². The van der Waals surface area contributed by atoms with E-state index < -0.39 is 17.5 Å². The molecule has 0 saturated carbocycles. The van der Waals surface area contributed by atoms with E-state index in [0.29, 0.717) is 10.7 Å². The van der Waals surface area contributed by atoms with Crippen molar-refractivity contribution in [1.82, 2.24) is 9.55 Å². The normalized spacial score (nSPS) is 12.5. The number of ether oxygens (including phenoxy) is 1. The summed E-state index contributed by atoms with van der Waals surface area (Å²) in [6.07, 6.45) is 1.43. The van der Waals surface area contributed by atoms with Gasteiger partial charge in [0.25, 0.3) is 0 Å². The van der Waals surface area contributed by atoms with Gasteiger partial charge < -0.3 is 10.5 Å². The lowest BCUT2D eigenvalue weighted by Crippen LogP contribution is -2.25. The highest BCUT2D eigenvalue weighted by Gasteiger charge is 2.41. The predicted molar refractivity (Wildman–Crippen MR) is 102 cm³/mol. The molecule has 1 aliphatic carbocycles. The minimum atomic E-state index is -0.766. The molecule has 0 spiro atoms. The molecule has 7 nitrogen and oxygen atoms in total. The number of hydrogen-bond donors (Lipinski definition) is 1. The van der Waals surface area contributed by atoms with Crippen molar-refractivity contribution < 1.29 is 19.1 Å². The number of halogens is 1. The Balaban J connectivity index is 2.07. The van der Waals surface area contributed by atoms with Crippen molar-refractivity contribution in [2.75, 3.05) is 12.3 Å². The standard InChI is InChI=1S/C20H14ClN3O4/c1-2-28-20(27)14-13-16(18(26)15-12(17(13)25)4-3-9-23-15)24(19(14)22)11-7-5-10(21)6-8-11/h3-9H,2,22H2,1H3. The Morgan fingerprint density at radius 2 is 1.89 bits per heavy atom. The highest BCUT2D eigenvalue weighted by molar-refractivity contribution is 6.31. The van der Waals surface area contributed by atoms with Crippen LogP contribution in [0.15, 0.2) is 42.6 Å². The van der Waals surface area contributed by atoms with Crippen LogP contribution >= 0.6 is 11.6 Å². The molecular formula is C20H14ClN3O4. The van der Waals surface area contributed by atoms with Gasteiger partial charge >= 0.3 is 5.97 Å². The van der Waals surface area contributed by atoms with Gasteiger partial charge in [-0.05, 0) is 43.3 Å². The number of nitrogen functional groups attached to an aromatic ring is 1. The molecule has 140 valence electrons. The molecule has 0 bridgehead atoms. The molecule has 0 unspecified atom stereocenters. The first-order chi connectivity index (χ1) is 13.5. The van der Waals surface area contributed by atoms with Crippen LogP contribution in [0, 0.1) is 0 Å². The first-order valence-corrected chi connectivity index (χ1v) is 8.85. The van der Waals surface area contributed by atoms with Crippen molar-refractivity contribution in [3.8, 4) is 5.69 Å². The van der Waals surface area contributed by atoms with E-state index in [9.17, 15) is 14.4 Å². The minimum Gasteiger partial charge on any atom is -0.462 e. The number of anilines is 1. The molecule has 2 aromatic heterocycles. The summed E-state index contributed by atoms with van der Waals surface area (Å²) < 4.78 is 6.45. The third-order valence-electron chi connectivity index (χ3n) is 4.48. The average Bonchev–Trinajstić information content (AvgIpc) is 3.00. The van der Waals surface area contributed by atoms with Crippen LogP contribution in [0.4, 0.5) is 5.82 Å². The number of pyridine rings is 1. The third-order valence-corrected chi connectivity index (χ3v) is 4.73.